The fourth-order valence-corrected chi connectivity index (χ4v) is 7.92. The van der Waals surface area contributed by atoms with Crippen molar-refractivity contribution in [1.29, 1.82) is 0 Å². The number of alkyl halides is 2. The lowest BCUT2D eigenvalue weighted by Gasteiger charge is -2.26. The zero-order valence-electron chi connectivity index (χ0n) is 26.3. The minimum Gasteiger partial charge on any atom is -0.483 e. The molecular formula is C33H39F2O8S2+. The number of halogens is 2. The highest BCUT2D eigenvalue weighted by molar-refractivity contribution is 7.97. The Labute approximate surface area is 266 Å². The highest BCUT2D eigenvalue weighted by Gasteiger charge is 2.51. The van der Waals surface area contributed by atoms with Crippen molar-refractivity contribution in [3.63, 3.8) is 0 Å². The first-order chi connectivity index (χ1) is 20.7. The zero-order valence-corrected chi connectivity index (χ0v) is 27.9. The zero-order chi connectivity index (χ0) is 33.1. The van der Waals surface area contributed by atoms with Crippen molar-refractivity contribution in [2.75, 3.05) is 13.2 Å². The summed E-state index contributed by atoms with van der Waals surface area (Å²) in [5.41, 5.74) is 0.925. The molecule has 0 aromatic heterocycles. The van der Waals surface area contributed by atoms with Gasteiger partial charge in [0.2, 0.25) is 0 Å². The maximum Gasteiger partial charge on any atom is 0.405 e. The Balaban J connectivity index is 1.47. The van der Waals surface area contributed by atoms with E-state index >= 15 is 0 Å². The summed E-state index contributed by atoms with van der Waals surface area (Å²) in [7, 11) is -6.30. The smallest absolute Gasteiger partial charge is 0.405 e. The fraction of sp³-hybridized carbons (Fsp3) is 0.455. The van der Waals surface area contributed by atoms with Gasteiger partial charge >= 0.3 is 15.4 Å². The van der Waals surface area contributed by atoms with Gasteiger partial charge in [0.05, 0.1) is 35.3 Å². The van der Waals surface area contributed by atoms with Crippen LogP contribution in [-0.2, 0) is 51.5 Å². The molecule has 2 aliphatic heterocycles. The second-order valence-electron chi connectivity index (χ2n) is 12.8. The van der Waals surface area contributed by atoms with Crippen LogP contribution in [-0.4, -0.2) is 48.7 Å². The molecule has 0 saturated carbocycles. The number of hydrogen-bond donors (Lipinski definition) is 1. The lowest BCUT2D eigenvalue weighted by molar-refractivity contribution is -0.176. The van der Waals surface area contributed by atoms with E-state index in [1.807, 2.05) is 90.1 Å². The maximum atomic E-state index is 14.1. The van der Waals surface area contributed by atoms with E-state index in [9.17, 15) is 17.2 Å². The fourth-order valence-electron chi connectivity index (χ4n) is 5.41. The van der Waals surface area contributed by atoms with E-state index in [-0.39, 0.29) is 5.75 Å². The van der Waals surface area contributed by atoms with Gasteiger partial charge in [-0.15, -0.1) is 0 Å². The number of rotatable bonds is 9. The molecule has 45 heavy (non-hydrogen) atoms. The third-order valence-corrected chi connectivity index (χ3v) is 11.0. The summed E-state index contributed by atoms with van der Waals surface area (Å²) in [5, 5.41) is -4.48. The van der Waals surface area contributed by atoms with E-state index in [1.165, 1.54) is 12.1 Å². The number of benzene rings is 3. The Hall–Kier alpha value is -2.58. The first-order valence-corrected chi connectivity index (χ1v) is 17.2. The van der Waals surface area contributed by atoms with Crippen LogP contribution in [0, 0.1) is 0 Å². The van der Waals surface area contributed by atoms with Crippen LogP contribution >= 0.6 is 0 Å². The van der Waals surface area contributed by atoms with E-state index in [1.54, 1.807) is 12.1 Å². The van der Waals surface area contributed by atoms with Gasteiger partial charge in [-0.3, -0.25) is 4.55 Å². The molecule has 0 aliphatic carbocycles. The highest BCUT2D eigenvalue weighted by atomic mass is 32.2. The Morgan fingerprint density at radius 2 is 1.09 bits per heavy atom. The lowest BCUT2D eigenvalue weighted by Crippen LogP contribution is -2.42. The van der Waals surface area contributed by atoms with Crippen molar-refractivity contribution in [3.05, 3.63) is 83.9 Å². The van der Waals surface area contributed by atoms with Gasteiger partial charge in [-0.2, -0.15) is 17.2 Å². The largest absolute Gasteiger partial charge is 0.483 e. The van der Waals surface area contributed by atoms with Gasteiger partial charge in [0.1, 0.15) is 5.75 Å². The summed E-state index contributed by atoms with van der Waals surface area (Å²) < 4.78 is 89.1. The van der Waals surface area contributed by atoms with Crippen molar-refractivity contribution in [1.82, 2.24) is 0 Å². The van der Waals surface area contributed by atoms with Crippen molar-refractivity contribution in [2.24, 2.45) is 0 Å². The molecule has 0 radical (unpaired) electrons. The second kappa shape index (κ2) is 11.6. The third-order valence-electron chi connectivity index (χ3n) is 7.75. The topological polar surface area (TPSA) is 101 Å². The van der Waals surface area contributed by atoms with Crippen molar-refractivity contribution in [3.8, 4) is 5.75 Å². The average molecular weight is 666 g/mol. The summed E-state index contributed by atoms with van der Waals surface area (Å²) in [5.74, 6) is -1.74. The molecular weight excluding hydrogens is 626 g/mol. The van der Waals surface area contributed by atoms with E-state index in [0.717, 1.165) is 32.7 Å². The molecule has 2 heterocycles. The molecule has 2 fully saturated rings. The molecule has 0 spiro atoms. The Morgan fingerprint density at radius 3 is 1.40 bits per heavy atom. The second-order valence-corrected chi connectivity index (χ2v) is 16.3. The summed E-state index contributed by atoms with van der Waals surface area (Å²) in [6, 6.07) is 22.5. The Bertz CT molecular complexity index is 1550. The minimum absolute atomic E-state index is 0.0287. The first kappa shape index (κ1) is 33.8. The summed E-state index contributed by atoms with van der Waals surface area (Å²) in [4.78, 5) is 2.82. The van der Waals surface area contributed by atoms with Crippen molar-refractivity contribution < 1.29 is 45.4 Å². The average Bonchev–Trinajstić information content (AvgIpc) is 3.43. The molecule has 3 aromatic rings. The Morgan fingerprint density at radius 1 is 0.733 bits per heavy atom. The SMILES string of the molecule is CC(Oc1ccc([S+](c2ccc(C3(C)OCC(C)(C)O3)cc2)c2ccc(C3(C)OCC(C)(C)O3)cc2)cc1)C(F)(F)S(=O)(=O)O. The molecule has 5 rings (SSSR count). The standard InChI is InChI=1S/C33H38F2O8S2/c1-22(33(34,35)45(36,37)38)41-25-12-18-28(19-13-25)44(26-14-8-23(9-15-26)31(6)39-20-29(2,3)42-31)27-16-10-24(11-17-27)32(7)40-21-30(4,5)43-32/h8-19,22H,20-21H2,1-7H3/p+1. The van der Waals surface area contributed by atoms with E-state index in [4.69, 9.17) is 28.2 Å². The van der Waals surface area contributed by atoms with Crippen LogP contribution in [0.2, 0.25) is 0 Å². The predicted octanol–water partition coefficient (Wildman–Crippen LogP) is 7.03. The molecule has 244 valence electrons. The van der Waals surface area contributed by atoms with Gasteiger partial charge in [-0.25, -0.2) is 0 Å². The molecule has 8 nitrogen and oxygen atoms in total. The van der Waals surface area contributed by atoms with E-state index in [0.29, 0.717) is 13.2 Å². The van der Waals surface area contributed by atoms with Crippen LogP contribution in [0.25, 0.3) is 0 Å². The molecule has 3 atom stereocenters. The summed E-state index contributed by atoms with van der Waals surface area (Å²) in [6.45, 7) is 13.5. The molecule has 3 unspecified atom stereocenters. The maximum absolute atomic E-state index is 14.1. The van der Waals surface area contributed by atoms with Gasteiger partial charge < -0.3 is 23.7 Å². The van der Waals surface area contributed by atoms with Gasteiger partial charge in [-0.1, -0.05) is 0 Å². The minimum atomic E-state index is -5.65. The number of hydrogen-bond acceptors (Lipinski definition) is 7. The van der Waals surface area contributed by atoms with E-state index in [2.05, 4.69) is 0 Å². The van der Waals surface area contributed by atoms with Gasteiger partial charge in [-0.05, 0) is 121 Å². The summed E-state index contributed by atoms with van der Waals surface area (Å²) in [6.07, 6.45) is -2.12. The van der Waals surface area contributed by atoms with E-state index < -0.39 is 55.1 Å². The van der Waals surface area contributed by atoms with Crippen molar-refractivity contribution in [2.45, 2.75) is 97.3 Å². The van der Waals surface area contributed by atoms with Crippen LogP contribution in [0.5, 0.6) is 5.75 Å². The van der Waals surface area contributed by atoms with Crippen LogP contribution in [0.3, 0.4) is 0 Å². The third kappa shape index (κ3) is 6.92. The van der Waals surface area contributed by atoms with Crippen LogP contribution in [0.15, 0.2) is 87.5 Å². The molecule has 12 heteroatoms. The monoisotopic (exact) mass is 665 g/mol. The molecule has 0 bridgehead atoms. The molecule has 2 saturated heterocycles. The van der Waals surface area contributed by atoms with Crippen LogP contribution in [0.4, 0.5) is 8.78 Å². The normalized spacial score (nSPS) is 26.0. The quantitative estimate of drug-likeness (QED) is 0.192. The van der Waals surface area contributed by atoms with Gasteiger partial charge in [0, 0.05) is 11.1 Å². The van der Waals surface area contributed by atoms with Gasteiger partial charge in [0.15, 0.2) is 32.4 Å². The first-order valence-electron chi connectivity index (χ1n) is 14.5. The highest BCUT2D eigenvalue weighted by Crippen LogP contribution is 2.42. The number of ether oxygens (including phenoxy) is 5. The molecule has 1 N–H and O–H groups in total. The van der Waals surface area contributed by atoms with Gasteiger partial charge in [0.25, 0.3) is 0 Å². The summed E-state index contributed by atoms with van der Waals surface area (Å²) >= 11 is 0. The molecule has 0 amide bonds. The predicted molar refractivity (Wildman–Crippen MR) is 165 cm³/mol. The van der Waals surface area contributed by atoms with Crippen LogP contribution in [0.1, 0.15) is 59.6 Å². The lowest BCUT2D eigenvalue weighted by atomic mass is 10.1. The van der Waals surface area contributed by atoms with Crippen LogP contribution < -0.4 is 4.74 Å². The molecule has 3 aromatic carbocycles. The Kier molecular flexibility index (Phi) is 8.70. The molecule has 2 aliphatic rings. The van der Waals surface area contributed by atoms with Crippen molar-refractivity contribution >= 4 is 21.0 Å².